The molecule has 0 bridgehead atoms. The minimum absolute atomic E-state index is 0.274. The van der Waals surface area contributed by atoms with Crippen molar-refractivity contribution >= 4 is 23.2 Å². The standard InChI is InChI=1S/C8H8Cl2N2O/c9-7-4-6(8(10)12-11-7)13-5-2-1-3-5/h4-5H,1-3H2. The molecule has 70 valence electrons. The molecule has 5 heteroatoms. The highest BCUT2D eigenvalue weighted by atomic mass is 35.5. The van der Waals surface area contributed by atoms with E-state index in [0.29, 0.717) is 10.9 Å². The van der Waals surface area contributed by atoms with Crippen LogP contribution < -0.4 is 4.74 Å². The Balaban J connectivity index is 2.13. The van der Waals surface area contributed by atoms with E-state index in [0.717, 1.165) is 12.8 Å². The molecule has 1 fully saturated rings. The lowest BCUT2D eigenvalue weighted by atomic mass is 9.96. The van der Waals surface area contributed by atoms with E-state index in [2.05, 4.69) is 10.2 Å². The number of ether oxygens (including phenoxy) is 1. The molecule has 1 heterocycles. The molecule has 0 radical (unpaired) electrons. The lowest BCUT2D eigenvalue weighted by Gasteiger charge is -2.26. The monoisotopic (exact) mass is 218 g/mol. The zero-order valence-corrected chi connectivity index (χ0v) is 8.35. The van der Waals surface area contributed by atoms with Crippen LogP contribution >= 0.6 is 23.2 Å². The van der Waals surface area contributed by atoms with Gasteiger partial charge >= 0.3 is 0 Å². The van der Waals surface area contributed by atoms with Crippen molar-refractivity contribution in [2.75, 3.05) is 0 Å². The molecule has 0 N–H and O–H groups in total. The van der Waals surface area contributed by atoms with Gasteiger partial charge in [-0.2, -0.15) is 0 Å². The Kier molecular flexibility index (Phi) is 2.56. The van der Waals surface area contributed by atoms with Gasteiger partial charge in [-0.1, -0.05) is 23.2 Å². The first-order valence-corrected chi connectivity index (χ1v) is 4.86. The third-order valence-electron chi connectivity index (χ3n) is 2.03. The molecule has 0 aliphatic heterocycles. The van der Waals surface area contributed by atoms with Crippen LogP contribution in [0.1, 0.15) is 19.3 Å². The molecule has 1 aromatic rings. The van der Waals surface area contributed by atoms with Crippen molar-refractivity contribution in [2.45, 2.75) is 25.4 Å². The van der Waals surface area contributed by atoms with Crippen molar-refractivity contribution in [3.8, 4) is 5.75 Å². The van der Waals surface area contributed by atoms with Crippen LogP contribution in [-0.4, -0.2) is 16.3 Å². The van der Waals surface area contributed by atoms with E-state index in [1.807, 2.05) is 0 Å². The van der Waals surface area contributed by atoms with Crippen LogP contribution in [-0.2, 0) is 0 Å². The minimum Gasteiger partial charge on any atom is -0.487 e. The van der Waals surface area contributed by atoms with E-state index >= 15 is 0 Å². The molecule has 1 saturated carbocycles. The summed E-state index contributed by atoms with van der Waals surface area (Å²) in [6.45, 7) is 0. The van der Waals surface area contributed by atoms with Gasteiger partial charge in [0, 0.05) is 6.07 Å². The number of hydrogen-bond acceptors (Lipinski definition) is 3. The fraction of sp³-hybridized carbons (Fsp3) is 0.500. The van der Waals surface area contributed by atoms with Gasteiger partial charge < -0.3 is 4.74 Å². The Morgan fingerprint density at radius 1 is 1.31 bits per heavy atom. The third kappa shape index (κ3) is 2.03. The topological polar surface area (TPSA) is 35.0 Å². The average Bonchev–Trinajstić information content (AvgIpc) is 2.03. The fourth-order valence-corrected chi connectivity index (χ4v) is 1.36. The van der Waals surface area contributed by atoms with Gasteiger partial charge in [-0.25, -0.2) is 0 Å². The summed E-state index contributed by atoms with van der Waals surface area (Å²) >= 11 is 11.4. The molecular weight excluding hydrogens is 211 g/mol. The maximum Gasteiger partial charge on any atom is 0.193 e. The Labute approximate surface area is 86.0 Å². The zero-order valence-electron chi connectivity index (χ0n) is 6.83. The minimum atomic E-state index is 0.274. The van der Waals surface area contributed by atoms with Crippen LogP contribution in [0.15, 0.2) is 6.07 Å². The summed E-state index contributed by atoms with van der Waals surface area (Å²) in [6, 6.07) is 1.59. The van der Waals surface area contributed by atoms with E-state index in [-0.39, 0.29) is 11.3 Å². The van der Waals surface area contributed by atoms with Crippen LogP contribution in [0.3, 0.4) is 0 Å². The third-order valence-corrected chi connectivity index (χ3v) is 2.48. The van der Waals surface area contributed by atoms with Crippen molar-refractivity contribution in [3.05, 3.63) is 16.4 Å². The summed E-state index contributed by atoms with van der Waals surface area (Å²) in [6.07, 6.45) is 3.65. The molecule has 13 heavy (non-hydrogen) atoms. The maximum absolute atomic E-state index is 5.76. The molecule has 0 spiro atoms. The highest BCUT2D eigenvalue weighted by Crippen LogP contribution is 2.29. The van der Waals surface area contributed by atoms with Crippen molar-refractivity contribution in [2.24, 2.45) is 0 Å². The number of nitrogens with zero attached hydrogens (tertiary/aromatic N) is 2. The summed E-state index contributed by atoms with van der Waals surface area (Å²) in [5.74, 6) is 0.534. The molecule has 0 saturated heterocycles. The van der Waals surface area contributed by atoms with Gasteiger partial charge in [-0.3, -0.25) is 0 Å². The van der Waals surface area contributed by atoms with Gasteiger partial charge in [0.15, 0.2) is 16.1 Å². The predicted octanol–water partition coefficient (Wildman–Crippen LogP) is 2.71. The van der Waals surface area contributed by atoms with Crippen LogP contribution in [0.5, 0.6) is 5.75 Å². The summed E-state index contributed by atoms with van der Waals surface area (Å²) < 4.78 is 5.54. The number of rotatable bonds is 2. The molecule has 0 aromatic carbocycles. The first-order valence-electron chi connectivity index (χ1n) is 4.11. The summed E-state index contributed by atoms with van der Waals surface area (Å²) in [5.41, 5.74) is 0. The lowest BCUT2D eigenvalue weighted by molar-refractivity contribution is 0.120. The van der Waals surface area contributed by atoms with Gasteiger partial charge in [0.2, 0.25) is 0 Å². The molecule has 0 amide bonds. The van der Waals surface area contributed by atoms with Gasteiger partial charge in [0.1, 0.15) is 0 Å². The Hall–Kier alpha value is -0.540. The van der Waals surface area contributed by atoms with E-state index in [1.165, 1.54) is 6.42 Å². The largest absolute Gasteiger partial charge is 0.487 e. The molecule has 0 atom stereocenters. The first-order chi connectivity index (χ1) is 6.25. The van der Waals surface area contributed by atoms with Crippen LogP contribution in [0, 0.1) is 0 Å². The van der Waals surface area contributed by atoms with Gasteiger partial charge in [0.25, 0.3) is 0 Å². The molecule has 3 nitrogen and oxygen atoms in total. The van der Waals surface area contributed by atoms with Crippen LogP contribution in [0.2, 0.25) is 10.3 Å². The number of halogens is 2. The van der Waals surface area contributed by atoms with E-state index in [4.69, 9.17) is 27.9 Å². The molecule has 1 aliphatic rings. The van der Waals surface area contributed by atoms with Gasteiger partial charge in [0.05, 0.1) is 6.10 Å². The Bertz CT molecular complexity index is 315. The maximum atomic E-state index is 5.76. The van der Waals surface area contributed by atoms with Gasteiger partial charge in [-0.15, -0.1) is 10.2 Å². The first kappa shape index (κ1) is 9.03. The second-order valence-corrected chi connectivity index (χ2v) is 3.74. The van der Waals surface area contributed by atoms with Gasteiger partial charge in [-0.05, 0) is 19.3 Å². The van der Waals surface area contributed by atoms with Crippen molar-refractivity contribution < 1.29 is 4.74 Å². The van der Waals surface area contributed by atoms with E-state index < -0.39 is 0 Å². The summed E-state index contributed by atoms with van der Waals surface area (Å²) in [7, 11) is 0. The SMILES string of the molecule is Clc1cc(OC2CCC2)c(Cl)nn1. The van der Waals surface area contributed by atoms with E-state index in [9.17, 15) is 0 Å². The predicted molar refractivity (Wildman–Crippen MR) is 50.3 cm³/mol. The summed E-state index contributed by atoms with van der Waals surface area (Å²) in [4.78, 5) is 0. The molecule has 1 aliphatic carbocycles. The second kappa shape index (κ2) is 3.68. The lowest BCUT2D eigenvalue weighted by Crippen LogP contribution is -2.24. The van der Waals surface area contributed by atoms with E-state index in [1.54, 1.807) is 6.07 Å². The van der Waals surface area contributed by atoms with Crippen molar-refractivity contribution in [1.82, 2.24) is 10.2 Å². The molecule has 2 rings (SSSR count). The fourth-order valence-electron chi connectivity index (χ4n) is 1.09. The highest BCUT2D eigenvalue weighted by molar-refractivity contribution is 6.32. The zero-order chi connectivity index (χ0) is 9.26. The molecular formula is C8H8Cl2N2O. The van der Waals surface area contributed by atoms with Crippen molar-refractivity contribution in [1.29, 1.82) is 0 Å². The van der Waals surface area contributed by atoms with Crippen LogP contribution in [0.25, 0.3) is 0 Å². The highest BCUT2D eigenvalue weighted by Gasteiger charge is 2.20. The normalized spacial score (nSPS) is 16.8. The van der Waals surface area contributed by atoms with Crippen molar-refractivity contribution in [3.63, 3.8) is 0 Å². The average molecular weight is 219 g/mol. The molecule has 0 unspecified atom stereocenters. The Morgan fingerprint density at radius 2 is 2.08 bits per heavy atom. The Morgan fingerprint density at radius 3 is 2.69 bits per heavy atom. The second-order valence-electron chi connectivity index (χ2n) is 2.99. The quantitative estimate of drug-likeness (QED) is 0.766. The number of aromatic nitrogens is 2. The summed E-state index contributed by atoms with van der Waals surface area (Å²) in [5, 5.41) is 7.82. The van der Waals surface area contributed by atoms with Crippen LogP contribution in [0.4, 0.5) is 0 Å². The molecule has 1 aromatic heterocycles. The number of hydrogen-bond donors (Lipinski definition) is 0. The smallest absolute Gasteiger partial charge is 0.193 e.